The van der Waals surface area contributed by atoms with Gasteiger partial charge in [-0.15, -0.1) is 0 Å². The molecule has 0 radical (unpaired) electrons. The van der Waals surface area contributed by atoms with Gasteiger partial charge in [0.05, 0.1) is 4.92 Å². The molecule has 1 N–H and O–H groups in total. The lowest BCUT2D eigenvalue weighted by Crippen LogP contribution is -2.31. The number of rotatable bonds is 8. The van der Waals surface area contributed by atoms with Crippen LogP contribution in [0.3, 0.4) is 0 Å². The minimum Gasteiger partial charge on any atom is -0.350 e. The van der Waals surface area contributed by atoms with Gasteiger partial charge in [-0.2, -0.15) is 0 Å². The molecule has 0 saturated heterocycles. The van der Waals surface area contributed by atoms with Crippen LogP contribution in [0.4, 0.5) is 5.69 Å². The number of amides is 1. The van der Waals surface area contributed by atoms with Gasteiger partial charge >= 0.3 is 0 Å². The molecule has 120 valence electrons. The van der Waals surface area contributed by atoms with Gasteiger partial charge in [0.25, 0.3) is 5.69 Å². The zero-order valence-electron chi connectivity index (χ0n) is 13.4. The summed E-state index contributed by atoms with van der Waals surface area (Å²) in [5, 5.41) is 13.6. The molecule has 1 atom stereocenters. The SMILES string of the molecule is CC(C)CCCC(C)NC(=O)C=Cc1cccc([N+](=O)[O-])c1. The first-order chi connectivity index (χ1) is 10.4. The van der Waals surface area contributed by atoms with E-state index in [0.717, 1.165) is 19.3 Å². The molecule has 0 aliphatic rings. The van der Waals surface area contributed by atoms with Crippen LogP contribution < -0.4 is 5.32 Å². The molecule has 1 aromatic carbocycles. The number of benzene rings is 1. The second kappa shape index (κ2) is 8.97. The summed E-state index contributed by atoms with van der Waals surface area (Å²) in [4.78, 5) is 22.0. The van der Waals surface area contributed by atoms with Gasteiger partial charge in [-0.3, -0.25) is 14.9 Å². The first-order valence-corrected chi connectivity index (χ1v) is 7.61. The normalized spacial score (nSPS) is 12.5. The Kier molecular flexibility index (Phi) is 7.29. The molecule has 5 nitrogen and oxygen atoms in total. The van der Waals surface area contributed by atoms with Crippen molar-refractivity contribution >= 4 is 17.7 Å². The molecule has 1 amide bonds. The van der Waals surface area contributed by atoms with Crippen molar-refractivity contribution in [3.63, 3.8) is 0 Å². The Balaban J connectivity index is 2.47. The number of carbonyl (C=O) groups is 1. The van der Waals surface area contributed by atoms with Crippen LogP contribution in [0, 0.1) is 16.0 Å². The number of nitrogens with zero attached hydrogens (tertiary/aromatic N) is 1. The Morgan fingerprint density at radius 2 is 2.05 bits per heavy atom. The number of nitro benzene ring substituents is 1. The number of hydrogen-bond acceptors (Lipinski definition) is 3. The van der Waals surface area contributed by atoms with E-state index in [1.807, 2.05) is 6.92 Å². The quantitative estimate of drug-likeness (QED) is 0.449. The largest absolute Gasteiger partial charge is 0.350 e. The van der Waals surface area contributed by atoms with Crippen LogP contribution in [0.2, 0.25) is 0 Å². The summed E-state index contributed by atoms with van der Waals surface area (Å²) in [6.45, 7) is 6.36. The Hall–Kier alpha value is -2.17. The smallest absolute Gasteiger partial charge is 0.270 e. The molecule has 1 aromatic rings. The van der Waals surface area contributed by atoms with Gasteiger partial charge in [0.1, 0.15) is 0 Å². The first-order valence-electron chi connectivity index (χ1n) is 7.61. The van der Waals surface area contributed by atoms with Crippen LogP contribution in [0.5, 0.6) is 0 Å². The lowest BCUT2D eigenvalue weighted by atomic mass is 10.0. The van der Waals surface area contributed by atoms with Crippen molar-refractivity contribution in [2.75, 3.05) is 0 Å². The monoisotopic (exact) mass is 304 g/mol. The number of nitrogens with one attached hydrogen (secondary N) is 1. The molecule has 0 aliphatic heterocycles. The molecule has 0 bridgehead atoms. The maximum absolute atomic E-state index is 11.8. The third kappa shape index (κ3) is 7.02. The number of non-ortho nitro benzene ring substituents is 1. The van der Waals surface area contributed by atoms with Crippen LogP contribution in [0.1, 0.15) is 45.6 Å². The van der Waals surface area contributed by atoms with E-state index in [1.54, 1.807) is 18.2 Å². The average molecular weight is 304 g/mol. The molecule has 0 saturated carbocycles. The van der Waals surface area contributed by atoms with Crippen molar-refractivity contribution in [2.24, 2.45) is 5.92 Å². The fourth-order valence-electron chi connectivity index (χ4n) is 2.11. The number of hydrogen-bond donors (Lipinski definition) is 1. The second-order valence-electron chi connectivity index (χ2n) is 5.92. The third-order valence-electron chi connectivity index (χ3n) is 3.32. The highest BCUT2D eigenvalue weighted by Gasteiger charge is 2.06. The standard InChI is InChI=1S/C17H24N2O3/c1-13(2)6-4-7-14(3)18-17(20)11-10-15-8-5-9-16(12-15)19(21)22/h5,8-14H,4,6-7H2,1-3H3,(H,18,20). The molecule has 1 unspecified atom stereocenters. The van der Waals surface area contributed by atoms with E-state index in [4.69, 9.17) is 0 Å². The van der Waals surface area contributed by atoms with E-state index >= 15 is 0 Å². The lowest BCUT2D eigenvalue weighted by molar-refractivity contribution is -0.384. The molecular weight excluding hydrogens is 280 g/mol. The van der Waals surface area contributed by atoms with Crippen LogP contribution >= 0.6 is 0 Å². The van der Waals surface area contributed by atoms with Gasteiger partial charge < -0.3 is 5.32 Å². The van der Waals surface area contributed by atoms with E-state index in [9.17, 15) is 14.9 Å². The van der Waals surface area contributed by atoms with Gasteiger partial charge in [-0.25, -0.2) is 0 Å². The van der Waals surface area contributed by atoms with Gasteiger partial charge in [0.15, 0.2) is 0 Å². The molecule has 0 aromatic heterocycles. The zero-order valence-corrected chi connectivity index (χ0v) is 13.4. The van der Waals surface area contributed by atoms with E-state index in [0.29, 0.717) is 11.5 Å². The molecule has 0 spiro atoms. The Labute approximate surface area is 131 Å². The van der Waals surface area contributed by atoms with Gasteiger partial charge in [-0.05, 0) is 30.9 Å². The number of nitro groups is 1. The average Bonchev–Trinajstić information content (AvgIpc) is 2.45. The molecule has 22 heavy (non-hydrogen) atoms. The van der Waals surface area contributed by atoms with Crippen molar-refractivity contribution in [3.8, 4) is 0 Å². The molecule has 5 heteroatoms. The Morgan fingerprint density at radius 1 is 1.32 bits per heavy atom. The Bertz CT molecular complexity index is 538. The summed E-state index contributed by atoms with van der Waals surface area (Å²) in [6.07, 6.45) is 6.20. The minimum atomic E-state index is -0.450. The van der Waals surface area contributed by atoms with Crippen molar-refractivity contribution in [2.45, 2.75) is 46.1 Å². The topological polar surface area (TPSA) is 72.2 Å². The van der Waals surface area contributed by atoms with Crippen LogP contribution in [0.15, 0.2) is 30.3 Å². The summed E-state index contributed by atoms with van der Waals surface area (Å²) in [5.74, 6) is 0.500. The van der Waals surface area contributed by atoms with E-state index < -0.39 is 4.92 Å². The lowest BCUT2D eigenvalue weighted by Gasteiger charge is -2.13. The summed E-state index contributed by atoms with van der Waals surface area (Å²) >= 11 is 0. The zero-order chi connectivity index (χ0) is 16.5. The molecule has 0 fully saturated rings. The van der Waals surface area contributed by atoms with Crippen molar-refractivity contribution < 1.29 is 9.72 Å². The first kappa shape index (κ1) is 17.9. The molecular formula is C17H24N2O3. The Morgan fingerprint density at radius 3 is 2.68 bits per heavy atom. The second-order valence-corrected chi connectivity index (χ2v) is 5.92. The van der Waals surface area contributed by atoms with Crippen molar-refractivity contribution in [1.29, 1.82) is 0 Å². The summed E-state index contributed by atoms with van der Waals surface area (Å²) in [7, 11) is 0. The highest BCUT2D eigenvalue weighted by Crippen LogP contribution is 2.14. The van der Waals surface area contributed by atoms with Crippen LogP contribution in [-0.2, 0) is 4.79 Å². The van der Waals surface area contributed by atoms with Gasteiger partial charge in [0, 0.05) is 24.3 Å². The van der Waals surface area contributed by atoms with Crippen LogP contribution in [0.25, 0.3) is 6.08 Å². The predicted octanol–water partition coefficient (Wildman–Crippen LogP) is 3.94. The summed E-state index contributed by atoms with van der Waals surface area (Å²) < 4.78 is 0. The molecule has 0 heterocycles. The van der Waals surface area contributed by atoms with Crippen molar-refractivity contribution in [1.82, 2.24) is 5.32 Å². The molecule has 0 aliphatic carbocycles. The highest BCUT2D eigenvalue weighted by atomic mass is 16.6. The minimum absolute atomic E-state index is 0.0182. The van der Waals surface area contributed by atoms with E-state index in [2.05, 4.69) is 19.2 Å². The maximum atomic E-state index is 11.8. The third-order valence-corrected chi connectivity index (χ3v) is 3.32. The fraction of sp³-hybridized carbons (Fsp3) is 0.471. The summed E-state index contributed by atoms with van der Waals surface area (Å²) in [6, 6.07) is 6.32. The van der Waals surface area contributed by atoms with E-state index in [1.165, 1.54) is 18.2 Å². The van der Waals surface area contributed by atoms with E-state index in [-0.39, 0.29) is 17.6 Å². The summed E-state index contributed by atoms with van der Waals surface area (Å²) in [5.41, 5.74) is 0.654. The highest BCUT2D eigenvalue weighted by molar-refractivity contribution is 5.91. The predicted molar refractivity (Wildman–Crippen MR) is 88.4 cm³/mol. The van der Waals surface area contributed by atoms with Crippen molar-refractivity contribution in [3.05, 3.63) is 46.0 Å². The maximum Gasteiger partial charge on any atom is 0.270 e. The number of carbonyl (C=O) groups excluding carboxylic acids is 1. The fourth-order valence-corrected chi connectivity index (χ4v) is 2.11. The van der Waals surface area contributed by atoms with Crippen LogP contribution in [-0.4, -0.2) is 16.9 Å². The van der Waals surface area contributed by atoms with Gasteiger partial charge in [-0.1, -0.05) is 38.8 Å². The molecule has 1 rings (SSSR count). The van der Waals surface area contributed by atoms with Gasteiger partial charge in [0.2, 0.25) is 5.91 Å².